The minimum Gasteiger partial charge on any atom is -0.299 e. The Morgan fingerprint density at radius 1 is 1.60 bits per heavy atom. The summed E-state index contributed by atoms with van der Waals surface area (Å²) >= 11 is 5.93. The van der Waals surface area contributed by atoms with Gasteiger partial charge in [-0.3, -0.25) is 4.79 Å². The number of hydrogen-bond acceptors (Lipinski definition) is 1. The van der Waals surface area contributed by atoms with Gasteiger partial charge in [0.25, 0.3) is 0 Å². The Morgan fingerprint density at radius 3 is 2.73 bits per heavy atom. The highest BCUT2D eigenvalue weighted by atomic mass is 35.5. The molecule has 1 saturated carbocycles. The number of benzene rings is 1. The number of halogens is 2. The van der Waals surface area contributed by atoms with Crippen LogP contribution in [0.25, 0.3) is 0 Å². The summed E-state index contributed by atoms with van der Waals surface area (Å²) in [6.07, 6.45) is -0.375. The summed E-state index contributed by atoms with van der Waals surface area (Å²) in [7, 11) is 0. The van der Waals surface area contributed by atoms with Crippen LogP contribution in [0.2, 0.25) is 5.02 Å². The maximum atomic E-state index is 13.0. The Kier molecular flexibility index (Phi) is 2.55. The molecule has 0 saturated heterocycles. The number of carbonyl (C=O) groups is 1. The van der Waals surface area contributed by atoms with E-state index in [-0.39, 0.29) is 12.2 Å². The Balaban J connectivity index is 2.10. The van der Waals surface area contributed by atoms with Gasteiger partial charge in [0.1, 0.15) is 12.0 Å². The van der Waals surface area contributed by atoms with Gasteiger partial charge in [-0.1, -0.05) is 29.8 Å². The lowest BCUT2D eigenvalue weighted by molar-refractivity contribution is -0.123. The van der Waals surface area contributed by atoms with Gasteiger partial charge in [-0.25, -0.2) is 4.39 Å². The molecule has 1 nitrogen and oxygen atoms in total. The lowest BCUT2D eigenvalue weighted by atomic mass is 9.97. The molecule has 1 fully saturated rings. The molecule has 80 valence electrons. The summed E-state index contributed by atoms with van der Waals surface area (Å²) in [5.41, 5.74) is 0.0311. The molecule has 2 unspecified atom stereocenters. The molecule has 0 spiro atoms. The highest BCUT2D eigenvalue weighted by molar-refractivity contribution is 6.31. The fraction of sp³-hybridized carbons (Fsp3) is 0.417. The first-order valence-corrected chi connectivity index (χ1v) is 5.32. The molecular weight excluding hydrogens is 215 g/mol. The average Bonchev–Trinajstić information content (AvgIpc) is 2.80. The molecule has 0 amide bonds. The van der Waals surface area contributed by atoms with Crippen LogP contribution in [0.15, 0.2) is 24.3 Å². The van der Waals surface area contributed by atoms with Gasteiger partial charge in [-0.2, -0.15) is 0 Å². The SMILES string of the molecule is CC1(C(=O)Cc2ccccc2Cl)CC1F. The fourth-order valence-electron chi connectivity index (χ4n) is 1.62. The molecule has 3 heteroatoms. The minimum absolute atomic E-state index is 0.0527. The van der Waals surface area contributed by atoms with Crippen molar-refractivity contribution in [3.8, 4) is 0 Å². The first-order chi connectivity index (χ1) is 7.04. The van der Waals surface area contributed by atoms with Gasteiger partial charge < -0.3 is 0 Å². The van der Waals surface area contributed by atoms with E-state index in [0.717, 1.165) is 5.56 Å². The van der Waals surface area contributed by atoms with Crippen LogP contribution in [0.1, 0.15) is 18.9 Å². The normalized spacial score (nSPS) is 28.9. The Bertz CT molecular complexity index is 404. The van der Waals surface area contributed by atoms with Gasteiger partial charge in [0.15, 0.2) is 0 Å². The Hall–Kier alpha value is -0.890. The predicted octanol–water partition coefficient (Wildman–Crippen LogP) is 3.20. The molecule has 0 heterocycles. The highest BCUT2D eigenvalue weighted by Crippen LogP contribution is 2.49. The maximum absolute atomic E-state index is 13.0. The molecule has 0 aromatic heterocycles. The molecule has 15 heavy (non-hydrogen) atoms. The van der Waals surface area contributed by atoms with Crippen molar-refractivity contribution >= 4 is 17.4 Å². The number of rotatable bonds is 3. The van der Waals surface area contributed by atoms with Crippen LogP contribution in [-0.4, -0.2) is 12.0 Å². The molecule has 1 aromatic rings. The maximum Gasteiger partial charge on any atom is 0.146 e. The van der Waals surface area contributed by atoms with Gasteiger partial charge in [0.05, 0.1) is 5.41 Å². The molecule has 1 aromatic carbocycles. The molecule has 2 rings (SSSR count). The Morgan fingerprint density at radius 2 is 2.20 bits per heavy atom. The number of hydrogen-bond donors (Lipinski definition) is 0. The fourth-order valence-corrected chi connectivity index (χ4v) is 1.82. The van der Waals surface area contributed by atoms with E-state index in [2.05, 4.69) is 0 Å². The van der Waals surface area contributed by atoms with E-state index >= 15 is 0 Å². The van der Waals surface area contributed by atoms with E-state index in [1.807, 2.05) is 12.1 Å². The van der Waals surface area contributed by atoms with Crippen LogP contribution < -0.4 is 0 Å². The molecular formula is C12H12ClFO. The smallest absolute Gasteiger partial charge is 0.146 e. The van der Waals surface area contributed by atoms with Crippen molar-refractivity contribution in [2.75, 3.05) is 0 Å². The molecule has 0 radical (unpaired) electrons. The largest absolute Gasteiger partial charge is 0.299 e. The third-order valence-electron chi connectivity index (χ3n) is 3.08. The van der Waals surface area contributed by atoms with Crippen molar-refractivity contribution < 1.29 is 9.18 Å². The molecule has 1 aliphatic carbocycles. The van der Waals surface area contributed by atoms with Gasteiger partial charge >= 0.3 is 0 Å². The first-order valence-electron chi connectivity index (χ1n) is 4.95. The van der Waals surface area contributed by atoms with Gasteiger partial charge in [0.2, 0.25) is 0 Å². The van der Waals surface area contributed by atoms with Crippen LogP contribution in [-0.2, 0) is 11.2 Å². The number of carbonyl (C=O) groups excluding carboxylic acids is 1. The predicted molar refractivity (Wildman–Crippen MR) is 57.8 cm³/mol. The summed E-state index contributed by atoms with van der Waals surface area (Å²) < 4.78 is 13.0. The summed E-state index contributed by atoms with van der Waals surface area (Å²) in [6, 6.07) is 7.19. The lowest BCUT2D eigenvalue weighted by Crippen LogP contribution is -2.17. The Labute approximate surface area is 93.2 Å². The number of alkyl halides is 1. The van der Waals surface area contributed by atoms with Crippen LogP contribution in [0.5, 0.6) is 0 Å². The summed E-state index contributed by atoms with van der Waals surface area (Å²) in [6.45, 7) is 1.68. The first kappa shape index (κ1) is 10.6. The third-order valence-corrected chi connectivity index (χ3v) is 3.45. The van der Waals surface area contributed by atoms with Crippen LogP contribution in [0.4, 0.5) is 4.39 Å². The van der Waals surface area contributed by atoms with E-state index in [0.29, 0.717) is 11.4 Å². The van der Waals surface area contributed by atoms with Gasteiger partial charge in [0, 0.05) is 11.4 Å². The second kappa shape index (κ2) is 3.60. The lowest BCUT2D eigenvalue weighted by Gasteiger charge is -2.08. The number of Topliss-reactive ketones (excluding diaryl/α,β-unsaturated/α-hetero) is 1. The molecule has 1 aliphatic rings. The zero-order valence-corrected chi connectivity index (χ0v) is 9.22. The van der Waals surface area contributed by atoms with E-state index in [1.54, 1.807) is 19.1 Å². The molecule has 2 atom stereocenters. The minimum atomic E-state index is -0.965. The van der Waals surface area contributed by atoms with Crippen LogP contribution in [0, 0.1) is 5.41 Å². The monoisotopic (exact) mass is 226 g/mol. The average molecular weight is 227 g/mol. The van der Waals surface area contributed by atoms with Gasteiger partial charge in [-0.05, 0) is 25.0 Å². The third kappa shape index (κ3) is 1.91. The van der Waals surface area contributed by atoms with Crippen molar-refractivity contribution in [3.05, 3.63) is 34.9 Å². The quantitative estimate of drug-likeness (QED) is 0.774. The van der Waals surface area contributed by atoms with E-state index in [4.69, 9.17) is 11.6 Å². The zero-order chi connectivity index (χ0) is 11.1. The summed E-state index contributed by atoms with van der Waals surface area (Å²) in [5, 5.41) is 0.575. The van der Waals surface area contributed by atoms with Gasteiger partial charge in [-0.15, -0.1) is 0 Å². The standard InChI is InChI=1S/C12H12ClFO/c1-12(7-10(12)14)11(15)6-8-4-2-3-5-9(8)13/h2-5,10H,6-7H2,1H3. The molecule has 0 aliphatic heterocycles. The van der Waals surface area contributed by atoms with E-state index < -0.39 is 11.6 Å². The van der Waals surface area contributed by atoms with Crippen molar-refractivity contribution in [2.45, 2.75) is 25.9 Å². The summed E-state index contributed by atoms with van der Waals surface area (Å²) in [4.78, 5) is 11.8. The van der Waals surface area contributed by atoms with E-state index in [9.17, 15) is 9.18 Å². The second-order valence-corrected chi connectivity index (χ2v) is 4.69. The summed E-state index contributed by atoms with van der Waals surface area (Å²) in [5.74, 6) is -0.0527. The zero-order valence-electron chi connectivity index (χ0n) is 8.47. The van der Waals surface area contributed by atoms with Crippen molar-refractivity contribution in [2.24, 2.45) is 5.41 Å². The van der Waals surface area contributed by atoms with Crippen molar-refractivity contribution in [3.63, 3.8) is 0 Å². The van der Waals surface area contributed by atoms with Crippen molar-refractivity contribution in [1.82, 2.24) is 0 Å². The molecule has 0 bridgehead atoms. The van der Waals surface area contributed by atoms with E-state index in [1.165, 1.54) is 0 Å². The van der Waals surface area contributed by atoms with Crippen LogP contribution >= 0.6 is 11.6 Å². The van der Waals surface area contributed by atoms with Crippen LogP contribution in [0.3, 0.4) is 0 Å². The highest BCUT2D eigenvalue weighted by Gasteiger charge is 2.56. The molecule has 0 N–H and O–H groups in total. The number of ketones is 1. The topological polar surface area (TPSA) is 17.1 Å². The second-order valence-electron chi connectivity index (χ2n) is 4.28. The van der Waals surface area contributed by atoms with Crippen molar-refractivity contribution in [1.29, 1.82) is 0 Å².